The molecule has 0 radical (unpaired) electrons. The molecule has 9 heteroatoms. The van der Waals surface area contributed by atoms with Crippen molar-refractivity contribution >= 4 is 0 Å². The largest absolute Gasteiger partial charge is 1.00 e. The Balaban J connectivity index is 0. The van der Waals surface area contributed by atoms with Crippen LogP contribution in [0.2, 0.25) is 0 Å². The van der Waals surface area contributed by atoms with Crippen LogP contribution in [0.25, 0.3) is 0 Å². The van der Waals surface area contributed by atoms with Crippen molar-refractivity contribution in [3.8, 4) is 0 Å². The Morgan fingerprint density at radius 2 is 1.61 bits per heavy atom. The van der Waals surface area contributed by atoms with Crippen LogP contribution in [-0.4, -0.2) is 91.6 Å². The van der Waals surface area contributed by atoms with Crippen LogP contribution >= 0.6 is 0 Å². The van der Waals surface area contributed by atoms with Crippen molar-refractivity contribution in [3.63, 3.8) is 0 Å². The number of unbranched alkanes of at least 4 members (excludes halogenated alkanes) is 1. The van der Waals surface area contributed by atoms with E-state index in [1.54, 1.807) is 0 Å². The van der Waals surface area contributed by atoms with Gasteiger partial charge in [-0.15, -0.1) is 0 Å². The smallest absolute Gasteiger partial charge is 0.395 e. The van der Waals surface area contributed by atoms with Crippen molar-refractivity contribution in [2.45, 2.75) is 62.2 Å². The van der Waals surface area contributed by atoms with E-state index < -0.39 is 55.8 Å². The second-order valence-corrected chi connectivity index (χ2v) is 5.58. The second kappa shape index (κ2) is 12.6. The van der Waals surface area contributed by atoms with Gasteiger partial charge in [-0.1, -0.05) is 13.3 Å². The predicted octanol–water partition coefficient (Wildman–Crippen LogP) is -5.87. The first kappa shape index (κ1) is 25.5. The molecule has 0 aromatic carbocycles. The average Bonchev–Trinajstić information content (AvgIpc) is 2.55. The fourth-order valence-corrected chi connectivity index (χ4v) is 2.15. The number of hydrogen-bond acceptors (Lipinski definition) is 8. The molecule has 1 fully saturated rings. The molecule has 8 N–H and O–H groups in total. The summed E-state index contributed by atoms with van der Waals surface area (Å²) in [5, 5.41) is 68.4. The van der Waals surface area contributed by atoms with E-state index >= 15 is 0 Å². The minimum Gasteiger partial charge on any atom is -0.395 e. The Bertz CT molecular complexity index is 294. The summed E-state index contributed by atoms with van der Waals surface area (Å²) in [4.78, 5) is 0. The summed E-state index contributed by atoms with van der Waals surface area (Å²) >= 11 is 0. The quantitative estimate of drug-likeness (QED) is 0.177. The summed E-state index contributed by atoms with van der Waals surface area (Å²) in [6.45, 7) is 4.16. The van der Waals surface area contributed by atoms with Gasteiger partial charge in [0.15, 0.2) is 0 Å². The number of aliphatic hydroxyl groups excluding tert-OH is 6. The summed E-state index contributed by atoms with van der Waals surface area (Å²) in [6.07, 6.45) is -2.63. The standard InChI is InChI=1S/C10H21NO7.C4H9.Li/c12-2-5(3-13)11-6-1-10(18,4-14)9(17)8(16)7(6)15;1-3-4-2;/h5-9,11-18H,1-4H2;1,3-4H2,2H3;/q;-1;+1/t6-,7-,8+,9-,10-;;/m0../s1. The zero-order valence-corrected chi connectivity index (χ0v) is 14.0. The Morgan fingerprint density at radius 3 is 1.96 bits per heavy atom. The summed E-state index contributed by atoms with van der Waals surface area (Å²) in [5.74, 6) is 0. The molecule has 5 atom stereocenters. The molecule has 1 rings (SSSR count). The number of hydrogen-bond donors (Lipinski definition) is 8. The van der Waals surface area contributed by atoms with Gasteiger partial charge in [-0.2, -0.15) is 6.42 Å². The van der Waals surface area contributed by atoms with Gasteiger partial charge in [-0.3, -0.25) is 0 Å². The van der Waals surface area contributed by atoms with Crippen molar-refractivity contribution in [3.05, 3.63) is 6.92 Å². The van der Waals surface area contributed by atoms with E-state index in [2.05, 4.69) is 19.2 Å². The van der Waals surface area contributed by atoms with E-state index in [0.717, 1.165) is 6.42 Å². The third kappa shape index (κ3) is 7.36. The monoisotopic (exact) mass is 331 g/mol. The van der Waals surface area contributed by atoms with Crippen molar-refractivity contribution < 1.29 is 54.6 Å². The maximum Gasteiger partial charge on any atom is 1.00 e. The molecule has 0 aromatic heterocycles. The molecule has 0 amide bonds. The minimum absolute atomic E-state index is 0. The fraction of sp³-hybridized carbons (Fsp3) is 0.929. The summed E-state index contributed by atoms with van der Waals surface area (Å²) < 4.78 is 0. The first-order valence-electron chi connectivity index (χ1n) is 7.45. The number of aliphatic hydroxyl groups is 7. The normalized spacial score (nSPS) is 33.7. The van der Waals surface area contributed by atoms with Crippen LogP contribution in [0, 0.1) is 6.92 Å². The van der Waals surface area contributed by atoms with Gasteiger partial charge in [0.25, 0.3) is 0 Å². The SMILES string of the molecule is OCC(CO)N[C@H]1C[C@](O)(CO)[C@@H](O)[C@H](O)[C@H]1O.[CH2-]CCC.[Li+]. The number of rotatable bonds is 6. The zero-order chi connectivity index (χ0) is 17.3. The second-order valence-electron chi connectivity index (χ2n) is 5.58. The van der Waals surface area contributed by atoms with Crippen molar-refractivity contribution in [2.24, 2.45) is 0 Å². The third-order valence-corrected chi connectivity index (χ3v) is 3.73. The van der Waals surface area contributed by atoms with Crippen LogP contribution in [0.4, 0.5) is 0 Å². The van der Waals surface area contributed by atoms with Gasteiger partial charge in [0, 0.05) is 6.04 Å². The fourth-order valence-electron chi connectivity index (χ4n) is 2.15. The van der Waals surface area contributed by atoms with Crippen LogP contribution in [0.5, 0.6) is 0 Å². The molecule has 1 saturated carbocycles. The van der Waals surface area contributed by atoms with Crippen molar-refractivity contribution in [1.82, 2.24) is 5.32 Å². The van der Waals surface area contributed by atoms with Crippen LogP contribution < -0.4 is 24.2 Å². The van der Waals surface area contributed by atoms with Gasteiger partial charge in [0.2, 0.25) is 0 Å². The molecule has 0 heterocycles. The molecule has 0 spiro atoms. The molecule has 0 bridgehead atoms. The predicted molar refractivity (Wildman–Crippen MR) is 79.8 cm³/mol. The molecule has 8 nitrogen and oxygen atoms in total. The Morgan fingerprint density at radius 1 is 1.13 bits per heavy atom. The molecule has 0 unspecified atom stereocenters. The molecule has 134 valence electrons. The first-order valence-corrected chi connectivity index (χ1v) is 7.45. The summed E-state index contributed by atoms with van der Waals surface area (Å²) in [5.41, 5.74) is -1.94. The molecule has 23 heavy (non-hydrogen) atoms. The van der Waals surface area contributed by atoms with Crippen LogP contribution in [-0.2, 0) is 0 Å². The van der Waals surface area contributed by atoms with E-state index in [1.807, 2.05) is 0 Å². The van der Waals surface area contributed by atoms with Crippen LogP contribution in [0.1, 0.15) is 26.2 Å². The molecule has 0 aliphatic heterocycles. The summed E-state index contributed by atoms with van der Waals surface area (Å²) in [6, 6.07) is -1.60. The van der Waals surface area contributed by atoms with E-state index in [1.165, 1.54) is 6.42 Å². The maximum absolute atomic E-state index is 9.93. The van der Waals surface area contributed by atoms with Crippen LogP contribution in [0.15, 0.2) is 0 Å². The molecule has 0 saturated heterocycles. The van der Waals surface area contributed by atoms with Gasteiger partial charge in [0.1, 0.15) is 17.8 Å². The van der Waals surface area contributed by atoms with E-state index in [-0.39, 0.29) is 25.3 Å². The van der Waals surface area contributed by atoms with E-state index in [0.29, 0.717) is 0 Å². The maximum atomic E-state index is 9.93. The molecular weight excluding hydrogens is 301 g/mol. The van der Waals surface area contributed by atoms with Gasteiger partial charge in [-0.05, 0) is 6.42 Å². The van der Waals surface area contributed by atoms with Gasteiger partial charge in [-0.25, -0.2) is 0 Å². The van der Waals surface area contributed by atoms with Gasteiger partial charge < -0.3 is 48.0 Å². The molecule has 1 aliphatic carbocycles. The Hall–Kier alpha value is 0.277. The van der Waals surface area contributed by atoms with Gasteiger partial charge >= 0.3 is 18.9 Å². The minimum atomic E-state index is -1.94. The van der Waals surface area contributed by atoms with Crippen LogP contribution in [0.3, 0.4) is 0 Å². The Labute approximate surface area is 149 Å². The average molecular weight is 331 g/mol. The molecular formula is C14H30LiNO7. The molecule has 1 aliphatic rings. The van der Waals surface area contributed by atoms with E-state index in [9.17, 15) is 20.4 Å². The molecule has 0 aromatic rings. The third-order valence-electron chi connectivity index (χ3n) is 3.73. The van der Waals surface area contributed by atoms with Gasteiger partial charge in [0.05, 0.1) is 32.0 Å². The van der Waals surface area contributed by atoms with Crippen molar-refractivity contribution in [2.75, 3.05) is 19.8 Å². The van der Waals surface area contributed by atoms with Crippen molar-refractivity contribution in [1.29, 1.82) is 0 Å². The number of nitrogens with one attached hydrogen (secondary N) is 1. The topological polar surface area (TPSA) is 154 Å². The summed E-state index contributed by atoms with van der Waals surface area (Å²) in [7, 11) is 0. The first-order chi connectivity index (χ1) is 10.3. The van der Waals surface area contributed by atoms with E-state index in [4.69, 9.17) is 15.3 Å². The Kier molecular flexibility index (Phi) is 14.0. The zero-order valence-electron chi connectivity index (χ0n) is 14.0.